The van der Waals surface area contributed by atoms with Crippen LogP contribution in [0.3, 0.4) is 0 Å². The van der Waals surface area contributed by atoms with Crippen molar-refractivity contribution in [1.29, 1.82) is 0 Å². The van der Waals surface area contributed by atoms with Crippen molar-refractivity contribution < 1.29 is 0 Å². The molecule has 0 unspecified atom stereocenters. The summed E-state index contributed by atoms with van der Waals surface area (Å²) in [5, 5.41) is 0.716. The van der Waals surface area contributed by atoms with Gasteiger partial charge in [0.15, 0.2) is 0 Å². The molecular formula is C17H20ClNO. The average molecular weight is 290 g/mol. The van der Waals surface area contributed by atoms with Gasteiger partial charge < -0.3 is 4.98 Å². The van der Waals surface area contributed by atoms with Gasteiger partial charge in [0.05, 0.1) is 0 Å². The number of rotatable bonds is 3. The van der Waals surface area contributed by atoms with Crippen molar-refractivity contribution >= 4 is 11.6 Å². The molecule has 0 atom stereocenters. The van der Waals surface area contributed by atoms with E-state index in [0.29, 0.717) is 5.02 Å². The molecule has 0 bridgehead atoms. The molecule has 0 aliphatic rings. The largest absolute Gasteiger partial charge is 0.325 e. The monoisotopic (exact) mass is 289 g/mol. The first-order valence-corrected chi connectivity index (χ1v) is 7.31. The summed E-state index contributed by atoms with van der Waals surface area (Å²) in [4.78, 5) is 15.2. The number of H-pyrrole nitrogens is 1. The minimum atomic E-state index is 0.0152. The smallest absolute Gasteiger partial charge is 0.251 e. The van der Waals surface area contributed by atoms with Crippen LogP contribution in [0.4, 0.5) is 0 Å². The standard InChI is InChI=1S/C17H20ClNO/c1-10(2)14-9-15(12-5-7-13(18)8-6-12)16(11(3)4)19-17(14)20/h5-11H,1-4H3,(H,19,20). The molecule has 1 aromatic heterocycles. The van der Waals surface area contributed by atoms with Crippen LogP contribution in [-0.4, -0.2) is 4.98 Å². The van der Waals surface area contributed by atoms with Crippen molar-refractivity contribution in [3.8, 4) is 11.1 Å². The van der Waals surface area contributed by atoms with E-state index in [0.717, 1.165) is 22.4 Å². The van der Waals surface area contributed by atoms with Gasteiger partial charge in [-0.15, -0.1) is 0 Å². The number of pyridine rings is 1. The molecule has 20 heavy (non-hydrogen) atoms. The number of benzene rings is 1. The molecule has 3 heteroatoms. The average Bonchev–Trinajstić information content (AvgIpc) is 2.39. The molecule has 0 saturated carbocycles. The second-order valence-corrected chi connectivity index (χ2v) is 6.13. The van der Waals surface area contributed by atoms with E-state index in [2.05, 4.69) is 18.8 Å². The molecule has 0 radical (unpaired) electrons. The Morgan fingerprint density at radius 1 is 1.00 bits per heavy atom. The van der Waals surface area contributed by atoms with Crippen LogP contribution >= 0.6 is 11.6 Å². The van der Waals surface area contributed by atoms with Gasteiger partial charge in [0.25, 0.3) is 5.56 Å². The zero-order valence-corrected chi connectivity index (χ0v) is 13.1. The number of hydrogen-bond acceptors (Lipinski definition) is 1. The van der Waals surface area contributed by atoms with Crippen LogP contribution in [0.25, 0.3) is 11.1 Å². The van der Waals surface area contributed by atoms with Gasteiger partial charge in [-0.25, -0.2) is 0 Å². The summed E-state index contributed by atoms with van der Waals surface area (Å²) < 4.78 is 0. The topological polar surface area (TPSA) is 32.9 Å². The molecule has 2 nitrogen and oxygen atoms in total. The quantitative estimate of drug-likeness (QED) is 0.853. The predicted octanol–water partition coefficient (Wildman–Crippen LogP) is 4.94. The fourth-order valence-corrected chi connectivity index (χ4v) is 2.44. The Bertz CT molecular complexity index is 654. The minimum absolute atomic E-state index is 0.0152. The lowest BCUT2D eigenvalue weighted by Gasteiger charge is -2.16. The van der Waals surface area contributed by atoms with E-state index in [1.807, 2.05) is 44.2 Å². The van der Waals surface area contributed by atoms with Gasteiger partial charge in [-0.1, -0.05) is 51.4 Å². The molecule has 1 N–H and O–H groups in total. The third-order valence-corrected chi connectivity index (χ3v) is 3.71. The second kappa shape index (κ2) is 5.84. The van der Waals surface area contributed by atoms with Gasteiger partial charge in [-0.3, -0.25) is 4.79 Å². The molecule has 0 saturated heterocycles. The van der Waals surface area contributed by atoms with E-state index in [1.54, 1.807) is 0 Å². The summed E-state index contributed by atoms with van der Waals surface area (Å²) in [5.41, 5.74) is 3.97. The molecule has 0 fully saturated rings. The minimum Gasteiger partial charge on any atom is -0.325 e. The van der Waals surface area contributed by atoms with E-state index >= 15 is 0 Å². The van der Waals surface area contributed by atoms with Crippen LogP contribution in [-0.2, 0) is 0 Å². The van der Waals surface area contributed by atoms with Crippen LogP contribution in [0, 0.1) is 0 Å². The Kier molecular flexibility index (Phi) is 4.34. The van der Waals surface area contributed by atoms with Crippen LogP contribution < -0.4 is 5.56 Å². The molecular weight excluding hydrogens is 270 g/mol. The lowest BCUT2D eigenvalue weighted by molar-refractivity contribution is 0.791. The molecule has 2 rings (SSSR count). The van der Waals surface area contributed by atoms with Gasteiger partial charge in [-0.2, -0.15) is 0 Å². The number of nitrogens with one attached hydrogen (secondary N) is 1. The number of halogens is 1. The molecule has 0 amide bonds. The number of hydrogen-bond donors (Lipinski definition) is 1. The number of aromatic nitrogens is 1. The maximum Gasteiger partial charge on any atom is 0.251 e. The van der Waals surface area contributed by atoms with Crippen molar-refractivity contribution in [2.45, 2.75) is 39.5 Å². The molecule has 0 spiro atoms. The Morgan fingerprint density at radius 3 is 2.10 bits per heavy atom. The first-order valence-electron chi connectivity index (χ1n) is 6.93. The molecule has 106 valence electrons. The SMILES string of the molecule is CC(C)c1[nH]c(=O)c(C(C)C)cc1-c1ccc(Cl)cc1. The Labute approximate surface area is 124 Å². The van der Waals surface area contributed by atoms with Crippen molar-refractivity contribution in [2.24, 2.45) is 0 Å². The summed E-state index contributed by atoms with van der Waals surface area (Å²) in [6, 6.07) is 9.75. The van der Waals surface area contributed by atoms with Crippen LogP contribution in [0.15, 0.2) is 35.1 Å². The van der Waals surface area contributed by atoms with Crippen LogP contribution in [0.2, 0.25) is 5.02 Å². The van der Waals surface area contributed by atoms with Crippen LogP contribution in [0.5, 0.6) is 0 Å². The zero-order valence-electron chi connectivity index (χ0n) is 12.3. The Morgan fingerprint density at radius 2 is 1.60 bits per heavy atom. The van der Waals surface area contributed by atoms with Crippen molar-refractivity contribution in [3.05, 3.63) is 57.0 Å². The summed E-state index contributed by atoms with van der Waals surface area (Å²) in [5.74, 6) is 0.459. The third-order valence-electron chi connectivity index (χ3n) is 3.45. The molecule has 1 aromatic carbocycles. The highest BCUT2D eigenvalue weighted by Gasteiger charge is 2.14. The summed E-state index contributed by atoms with van der Waals surface area (Å²) in [6.07, 6.45) is 0. The fourth-order valence-electron chi connectivity index (χ4n) is 2.31. The van der Waals surface area contributed by atoms with Gasteiger partial charge in [-0.05, 0) is 35.6 Å². The molecule has 1 heterocycles. The van der Waals surface area contributed by atoms with Gasteiger partial charge in [0.2, 0.25) is 0 Å². The Balaban J connectivity index is 2.68. The highest BCUT2D eigenvalue weighted by atomic mass is 35.5. The van der Waals surface area contributed by atoms with E-state index < -0.39 is 0 Å². The summed E-state index contributed by atoms with van der Waals surface area (Å²) >= 11 is 5.95. The maximum absolute atomic E-state index is 12.1. The third kappa shape index (κ3) is 2.96. The zero-order chi connectivity index (χ0) is 14.9. The highest BCUT2D eigenvalue weighted by Crippen LogP contribution is 2.29. The number of aromatic amines is 1. The molecule has 2 aromatic rings. The Hall–Kier alpha value is -1.54. The summed E-state index contributed by atoms with van der Waals surface area (Å²) in [7, 11) is 0. The fraction of sp³-hybridized carbons (Fsp3) is 0.353. The van der Waals surface area contributed by atoms with Crippen LogP contribution in [0.1, 0.15) is 50.8 Å². The first kappa shape index (κ1) is 14.9. The van der Waals surface area contributed by atoms with E-state index in [1.165, 1.54) is 0 Å². The van der Waals surface area contributed by atoms with E-state index in [9.17, 15) is 4.79 Å². The maximum atomic E-state index is 12.1. The van der Waals surface area contributed by atoms with Crippen molar-refractivity contribution in [3.63, 3.8) is 0 Å². The van der Waals surface area contributed by atoms with E-state index in [4.69, 9.17) is 11.6 Å². The van der Waals surface area contributed by atoms with Gasteiger partial charge in [0, 0.05) is 21.8 Å². The lowest BCUT2D eigenvalue weighted by Crippen LogP contribution is -2.17. The van der Waals surface area contributed by atoms with Gasteiger partial charge >= 0.3 is 0 Å². The highest BCUT2D eigenvalue weighted by molar-refractivity contribution is 6.30. The first-order chi connectivity index (χ1) is 9.40. The lowest BCUT2D eigenvalue weighted by atomic mass is 9.93. The van der Waals surface area contributed by atoms with Crippen molar-refractivity contribution in [2.75, 3.05) is 0 Å². The van der Waals surface area contributed by atoms with E-state index in [-0.39, 0.29) is 17.4 Å². The molecule has 0 aliphatic heterocycles. The second-order valence-electron chi connectivity index (χ2n) is 5.70. The molecule has 0 aliphatic carbocycles. The predicted molar refractivity (Wildman–Crippen MR) is 85.7 cm³/mol. The van der Waals surface area contributed by atoms with Crippen molar-refractivity contribution in [1.82, 2.24) is 4.98 Å². The normalized spacial score (nSPS) is 11.3. The van der Waals surface area contributed by atoms with Gasteiger partial charge in [0.1, 0.15) is 0 Å². The summed E-state index contributed by atoms with van der Waals surface area (Å²) in [6.45, 7) is 8.23.